The maximum Gasteiger partial charge on any atom is 0.0762 e. The second-order valence-electron chi connectivity index (χ2n) is 6.05. The molecule has 2 N–H and O–H groups in total. The third-order valence-electron chi connectivity index (χ3n) is 4.45. The van der Waals surface area contributed by atoms with E-state index in [0.717, 1.165) is 25.1 Å². The van der Waals surface area contributed by atoms with Gasteiger partial charge < -0.3 is 10.4 Å². The Kier molecular flexibility index (Phi) is 3.78. The van der Waals surface area contributed by atoms with Gasteiger partial charge in [-0.2, -0.15) is 5.10 Å². The lowest BCUT2D eigenvalue weighted by atomic mass is 9.64. The summed E-state index contributed by atoms with van der Waals surface area (Å²) < 4.78 is 2.03. The number of hydrogen-bond acceptors (Lipinski definition) is 3. The van der Waals surface area contributed by atoms with Crippen molar-refractivity contribution in [2.45, 2.75) is 65.3 Å². The molecule has 4 nitrogen and oxygen atoms in total. The summed E-state index contributed by atoms with van der Waals surface area (Å²) in [5, 5.41) is 17.8. The predicted molar refractivity (Wildman–Crippen MR) is 72.3 cm³/mol. The van der Waals surface area contributed by atoms with Gasteiger partial charge in [-0.25, -0.2) is 0 Å². The zero-order valence-electron chi connectivity index (χ0n) is 11.8. The van der Waals surface area contributed by atoms with E-state index in [1.165, 1.54) is 0 Å². The fourth-order valence-electron chi connectivity index (χ4n) is 2.38. The van der Waals surface area contributed by atoms with Crippen LogP contribution in [0.25, 0.3) is 0 Å². The lowest BCUT2D eigenvalue weighted by Gasteiger charge is -2.49. The number of rotatable bonds is 5. The van der Waals surface area contributed by atoms with Gasteiger partial charge in [0.05, 0.1) is 11.8 Å². The third kappa shape index (κ3) is 2.45. The molecular weight excluding hydrogens is 226 g/mol. The number of nitrogens with one attached hydrogen (secondary N) is 1. The van der Waals surface area contributed by atoms with E-state index >= 15 is 0 Å². The molecule has 0 saturated heterocycles. The first-order valence-corrected chi connectivity index (χ1v) is 6.90. The van der Waals surface area contributed by atoms with Crippen molar-refractivity contribution in [3.63, 3.8) is 0 Å². The van der Waals surface area contributed by atoms with Crippen LogP contribution in [0.2, 0.25) is 0 Å². The fourth-order valence-corrected chi connectivity index (χ4v) is 2.38. The lowest BCUT2D eigenvalue weighted by molar-refractivity contribution is -0.0730. The SMILES string of the molecule is CCC(C)n1ccc(CNC2CC(O)C2(C)C)n1. The van der Waals surface area contributed by atoms with Crippen molar-refractivity contribution >= 4 is 0 Å². The Balaban J connectivity index is 1.86. The standard InChI is InChI=1S/C14H25N3O/c1-5-10(2)17-7-6-11(16-17)9-15-12-8-13(18)14(12,3)4/h6-7,10,12-13,15,18H,5,8-9H2,1-4H3. The minimum absolute atomic E-state index is 0.0146. The van der Waals surface area contributed by atoms with Crippen molar-refractivity contribution in [3.05, 3.63) is 18.0 Å². The van der Waals surface area contributed by atoms with E-state index in [2.05, 4.69) is 44.2 Å². The molecule has 3 atom stereocenters. The van der Waals surface area contributed by atoms with Gasteiger partial charge in [-0.15, -0.1) is 0 Å². The molecule has 3 unspecified atom stereocenters. The van der Waals surface area contributed by atoms with Crippen LogP contribution in [0.4, 0.5) is 0 Å². The number of aliphatic hydroxyl groups excluding tert-OH is 1. The van der Waals surface area contributed by atoms with Gasteiger partial charge in [-0.05, 0) is 25.8 Å². The number of nitrogens with zero attached hydrogens (tertiary/aromatic N) is 2. The predicted octanol–water partition coefficient (Wildman–Crippen LogP) is 2.10. The van der Waals surface area contributed by atoms with E-state index in [0.29, 0.717) is 12.1 Å². The van der Waals surface area contributed by atoms with Crippen molar-refractivity contribution in [2.24, 2.45) is 5.41 Å². The zero-order chi connectivity index (χ0) is 13.3. The Morgan fingerprint density at radius 1 is 1.61 bits per heavy atom. The second kappa shape index (κ2) is 5.02. The van der Waals surface area contributed by atoms with Gasteiger partial charge in [0, 0.05) is 30.2 Å². The van der Waals surface area contributed by atoms with Gasteiger partial charge in [-0.3, -0.25) is 4.68 Å². The van der Waals surface area contributed by atoms with E-state index < -0.39 is 0 Å². The first kappa shape index (κ1) is 13.6. The molecule has 0 aromatic carbocycles. The second-order valence-corrected chi connectivity index (χ2v) is 6.05. The fraction of sp³-hybridized carbons (Fsp3) is 0.786. The summed E-state index contributed by atoms with van der Waals surface area (Å²) in [5.41, 5.74) is 1.06. The van der Waals surface area contributed by atoms with E-state index in [1.54, 1.807) is 0 Å². The summed E-state index contributed by atoms with van der Waals surface area (Å²) >= 11 is 0. The Morgan fingerprint density at radius 2 is 2.33 bits per heavy atom. The molecule has 0 radical (unpaired) electrons. The summed E-state index contributed by atoms with van der Waals surface area (Å²) in [6, 6.07) is 2.92. The van der Waals surface area contributed by atoms with E-state index in [-0.39, 0.29) is 11.5 Å². The number of aromatic nitrogens is 2. The van der Waals surface area contributed by atoms with Crippen LogP contribution in [-0.2, 0) is 6.54 Å². The summed E-state index contributed by atoms with van der Waals surface area (Å²) in [4.78, 5) is 0. The summed E-state index contributed by atoms with van der Waals surface area (Å²) in [6.07, 6.45) is 3.81. The minimum atomic E-state index is -0.173. The van der Waals surface area contributed by atoms with Crippen LogP contribution >= 0.6 is 0 Å². The van der Waals surface area contributed by atoms with Crippen LogP contribution in [0.3, 0.4) is 0 Å². The van der Waals surface area contributed by atoms with Crippen molar-refractivity contribution in [3.8, 4) is 0 Å². The van der Waals surface area contributed by atoms with Crippen LogP contribution in [0.1, 0.15) is 52.3 Å². The molecule has 1 fully saturated rings. The van der Waals surface area contributed by atoms with Gasteiger partial charge in [0.25, 0.3) is 0 Å². The molecule has 18 heavy (non-hydrogen) atoms. The first-order chi connectivity index (χ1) is 8.45. The van der Waals surface area contributed by atoms with E-state index in [9.17, 15) is 5.11 Å². The normalized spacial score (nSPS) is 27.8. The Labute approximate surface area is 109 Å². The van der Waals surface area contributed by atoms with Crippen LogP contribution in [0.15, 0.2) is 12.3 Å². The van der Waals surface area contributed by atoms with Gasteiger partial charge in [-0.1, -0.05) is 20.8 Å². The average Bonchev–Trinajstić information content (AvgIpc) is 2.82. The Morgan fingerprint density at radius 3 is 2.89 bits per heavy atom. The van der Waals surface area contributed by atoms with Crippen LogP contribution < -0.4 is 5.32 Å². The van der Waals surface area contributed by atoms with Gasteiger partial charge in [0.1, 0.15) is 0 Å². The number of aliphatic hydroxyl groups is 1. The van der Waals surface area contributed by atoms with Gasteiger partial charge >= 0.3 is 0 Å². The molecule has 1 heterocycles. The zero-order valence-corrected chi connectivity index (χ0v) is 11.8. The average molecular weight is 251 g/mol. The smallest absolute Gasteiger partial charge is 0.0762 e. The molecule has 0 bridgehead atoms. The van der Waals surface area contributed by atoms with Crippen LogP contribution in [0, 0.1) is 5.41 Å². The Hall–Kier alpha value is -0.870. The molecule has 2 rings (SSSR count). The van der Waals surface area contributed by atoms with Gasteiger partial charge in [0.15, 0.2) is 0 Å². The molecule has 0 aliphatic heterocycles. The monoisotopic (exact) mass is 251 g/mol. The molecular formula is C14H25N3O. The Bertz CT molecular complexity index is 399. The molecule has 4 heteroatoms. The summed E-state index contributed by atoms with van der Waals surface area (Å²) in [6.45, 7) is 9.34. The van der Waals surface area contributed by atoms with E-state index in [4.69, 9.17) is 0 Å². The molecule has 0 spiro atoms. The molecule has 1 aliphatic rings. The quantitative estimate of drug-likeness (QED) is 0.842. The largest absolute Gasteiger partial charge is 0.392 e. The molecule has 1 aliphatic carbocycles. The highest BCUT2D eigenvalue weighted by molar-refractivity contribution is 5.05. The maximum atomic E-state index is 9.69. The van der Waals surface area contributed by atoms with Gasteiger partial charge in [0.2, 0.25) is 0 Å². The molecule has 1 saturated carbocycles. The summed E-state index contributed by atoms with van der Waals surface area (Å²) in [7, 11) is 0. The van der Waals surface area contributed by atoms with Crippen molar-refractivity contribution < 1.29 is 5.11 Å². The molecule has 1 aromatic rings. The first-order valence-electron chi connectivity index (χ1n) is 6.90. The highest BCUT2D eigenvalue weighted by Crippen LogP contribution is 2.40. The third-order valence-corrected chi connectivity index (χ3v) is 4.45. The molecule has 102 valence electrons. The highest BCUT2D eigenvalue weighted by atomic mass is 16.3. The lowest BCUT2D eigenvalue weighted by Crippen LogP contribution is -2.59. The molecule has 0 amide bonds. The number of hydrogen-bond donors (Lipinski definition) is 2. The van der Waals surface area contributed by atoms with Crippen molar-refractivity contribution in [1.29, 1.82) is 0 Å². The maximum absolute atomic E-state index is 9.69. The summed E-state index contributed by atoms with van der Waals surface area (Å²) in [5.74, 6) is 0. The minimum Gasteiger partial charge on any atom is -0.392 e. The van der Waals surface area contributed by atoms with Crippen LogP contribution in [0.5, 0.6) is 0 Å². The van der Waals surface area contributed by atoms with Crippen molar-refractivity contribution in [2.75, 3.05) is 0 Å². The topological polar surface area (TPSA) is 50.1 Å². The van der Waals surface area contributed by atoms with Crippen LogP contribution in [-0.4, -0.2) is 27.0 Å². The van der Waals surface area contributed by atoms with Crippen molar-refractivity contribution in [1.82, 2.24) is 15.1 Å². The molecule has 1 aromatic heterocycles. The van der Waals surface area contributed by atoms with E-state index in [1.807, 2.05) is 10.9 Å². The highest BCUT2D eigenvalue weighted by Gasteiger charge is 2.46.